The van der Waals surface area contributed by atoms with E-state index in [0.717, 1.165) is 5.56 Å². The monoisotopic (exact) mass is 357 g/mol. The topological polar surface area (TPSA) is 55.4 Å². The highest BCUT2D eigenvalue weighted by Gasteiger charge is 2.15. The van der Waals surface area contributed by atoms with Crippen LogP contribution in [0.5, 0.6) is 0 Å². The van der Waals surface area contributed by atoms with E-state index in [1.807, 2.05) is 0 Å². The van der Waals surface area contributed by atoms with Crippen LogP contribution in [0.2, 0.25) is 10.0 Å². The van der Waals surface area contributed by atoms with Gasteiger partial charge in [-0.2, -0.15) is 0 Å². The van der Waals surface area contributed by atoms with Gasteiger partial charge in [0.05, 0.1) is 6.04 Å². The first-order chi connectivity index (χ1) is 10.5. The zero-order valence-electron chi connectivity index (χ0n) is 11.6. The quantitative estimate of drug-likeness (QED) is 0.819. The van der Waals surface area contributed by atoms with Gasteiger partial charge >= 0.3 is 5.97 Å². The fourth-order valence-corrected chi connectivity index (χ4v) is 3.00. The van der Waals surface area contributed by atoms with Crippen LogP contribution in [-0.4, -0.2) is 18.5 Å². The molecule has 2 aromatic rings. The molecule has 0 bridgehead atoms. The van der Waals surface area contributed by atoms with Crippen molar-refractivity contribution in [3.8, 4) is 0 Å². The second-order valence-electron chi connectivity index (χ2n) is 4.51. The number of ether oxygens (including phenoxy) is 1. The molecule has 1 heterocycles. The lowest BCUT2D eigenvalue weighted by Gasteiger charge is -2.16. The number of rotatable bonds is 5. The standard InChI is InChI=1S/C15H13Cl2NO3S/c1-9(11-5-4-10(16)7-12(11)17)18-14(19)8-21-15(20)13-3-2-6-22-13/h2-7,9H,8H2,1H3,(H,18,19). The molecule has 22 heavy (non-hydrogen) atoms. The fraction of sp³-hybridized carbons (Fsp3) is 0.200. The van der Waals surface area contributed by atoms with Crippen LogP contribution in [0.3, 0.4) is 0 Å². The Kier molecular flexibility index (Phi) is 5.83. The van der Waals surface area contributed by atoms with Gasteiger partial charge in [-0.3, -0.25) is 4.79 Å². The van der Waals surface area contributed by atoms with Crippen molar-refractivity contribution in [2.75, 3.05) is 6.61 Å². The summed E-state index contributed by atoms with van der Waals surface area (Å²) in [6.07, 6.45) is 0. The Balaban J connectivity index is 1.87. The van der Waals surface area contributed by atoms with Crippen LogP contribution in [0.25, 0.3) is 0 Å². The first-order valence-corrected chi connectivity index (χ1v) is 8.06. The molecule has 1 amide bonds. The number of benzene rings is 1. The van der Waals surface area contributed by atoms with E-state index in [-0.39, 0.29) is 12.6 Å². The molecule has 0 aliphatic rings. The maximum atomic E-state index is 11.8. The molecule has 1 aromatic heterocycles. The minimum atomic E-state index is -0.512. The molecule has 0 fully saturated rings. The lowest BCUT2D eigenvalue weighted by atomic mass is 10.1. The van der Waals surface area contributed by atoms with Crippen LogP contribution < -0.4 is 5.32 Å². The molecule has 0 aliphatic carbocycles. The van der Waals surface area contributed by atoms with E-state index in [2.05, 4.69) is 5.32 Å². The number of amides is 1. The summed E-state index contributed by atoms with van der Waals surface area (Å²) >= 11 is 13.2. The first-order valence-electron chi connectivity index (χ1n) is 6.42. The van der Waals surface area contributed by atoms with E-state index >= 15 is 0 Å². The van der Waals surface area contributed by atoms with Crippen LogP contribution in [0.1, 0.15) is 28.2 Å². The molecule has 0 spiro atoms. The van der Waals surface area contributed by atoms with E-state index in [0.29, 0.717) is 14.9 Å². The third-order valence-electron chi connectivity index (χ3n) is 2.86. The third-order valence-corrected chi connectivity index (χ3v) is 4.28. The zero-order chi connectivity index (χ0) is 16.1. The number of hydrogen-bond acceptors (Lipinski definition) is 4. The molecule has 1 unspecified atom stereocenters. The number of halogens is 2. The SMILES string of the molecule is CC(NC(=O)COC(=O)c1cccs1)c1ccc(Cl)cc1Cl. The summed E-state index contributed by atoms with van der Waals surface area (Å²) in [4.78, 5) is 23.9. The highest BCUT2D eigenvalue weighted by molar-refractivity contribution is 7.11. The predicted molar refractivity (Wildman–Crippen MR) is 87.6 cm³/mol. The summed E-state index contributed by atoms with van der Waals surface area (Å²) in [7, 11) is 0. The average molecular weight is 358 g/mol. The van der Waals surface area contributed by atoms with Crippen LogP contribution in [0.15, 0.2) is 35.7 Å². The Morgan fingerprint density at radius 2 is 2.09 bits per heavy atom. The lowest BCUT2D eigenvalue weighted by molar-refractivity contribution is -0.124. The van der Waals surface area contributed by atoms with Gasteiger partial charge in [0.15, 0.2) is 6.61 Å². The second kappa shape index (κ2) is 7.63. The van der Waals surface area contributed by atoms with Gasteiger partial charge in [0.2, 0.25) is 0 Å². The van der Waals surface area contributed by atoms with E-state index in [1.54, 1.807) is 42.6 Å². The zero-order valence-corrected chi connectivity index (χ0v) is 14.0. The predicted octanol–water partition coefficient (Wildman–Crippen LogP) is 4.09. The van der Waals surface area contributed by atoms with Crippen molar-refractivity contribution in [1.82, 2.24) is 5.32 Å². The average Bonchev–Trinajstić information content (AvgIpc) is 2.98. The minimum Gasteiger partial charge on any atom is -0.451 e. The van der Waals surface area contributed by atoms with Crippen molar-refractivity contribution in [3.63, 3.8) is 0 Å². The van der Waals surface area contributed by atoms with Crippen molar-refractivity contribution in [2.45, 2.75) is 13.0 Å². The fourth-order valence-electron chi connectivity index (χ4n) is 1.81. The molecule has 2 rings (SSSR count). The maximum absolute atomic E-state index is 11.8. The molecule has 4 nitrogen and oxygen atoms in total. The number of hydrogen-bond donors (Lipinski definition) is 1. The highest BCUT2D eigenvalue weighted by Crippen LogP contribution is 2.26. The summed E-state index contributed by atoms with van der Waals surface area (Å²) in [6, 6.07) is 8.11. The summed E-state index contributed by atoms with van der Waals surface area (Å²) in [5.41, 5.74) is 0.740. The van der Waals surface area contributed by atoms with Crippen molar-refractivity contribution in [1.29, 1.82) is 0 Å². The van der Waals surface area contributed by atoms with Gasteiger partial charge in [-0.1, -0.05) is 35.3 Å². The molecule has 0 saturated carbocycles. The summed E-state index contributed by atoms with van der Waals surface area (Å²) in [6.45, 7) is 1.44. The summed E-state index contributed by atoms with van der Waals surface area (Å²) < 4.78 is 4.94. The molecule has 1 aromatic carbocycles. The third kappa shape index (κ3) is 4.47. The van der Waals surface area contributed by atoms with Crippen LogP contribution in [0, 0.1) is 0 Å². The van der Waals surface area contributed by atoms with Crippen molar-refractivity contribution in [2.24, 2.45) is 0 Å². The smallest absolute Gasteiger partial charge is 0.348 e. The highest BCUT2D eigenvalue weighted by atomic mass is 35.5. The molecule has 1 atom stereocenters. The molecule has 0 aliphatic heterocycles. The lowest BCUT2D eigenvalue weighted by Crippen LogP contribution is -2.31. The molecule has 116 valence electrons. The van der Waals surface area contributed by atoms with Crippen LogP contribution in [0.4, 0.5) is 0 Å². The van der Waals surface area contributed by atoms with Crippen molar-refractivity contribution >= 4 is 46.4 Å². The summed E-state index contributed by atoms with van der Waals surface area (Å²) in [5, 5.41) is 5.48. The number of carbonyl (C=O) groups excluding carboxylic acids is 2. The Bertz CT molecular complexity index is 673. The van der Waals surface area contributed by atoms with Gasteiger partial charge in [0.25, 0.3) is 5.91 Å². The molecular weight excluding hydrogens is 345 g/mol. The number of thiophene rings is 1. The van der Waals surface area contributed by atoms with Gasteiger partial charge in [0, 0.05) is 10.0 Å². The first kappa shape index (κ1) is 16.8. The maximum Gasteiger partial charge on any atom is 0.348 e. The normalized spacial score (nSPS) is 11.8. The second-order valence-corrected chi connectivity index (χ2v) is 6.30. The molecule has 7 heteroatoms. The molecular formula is C15H13Cl2NO3S. The summed E-state index contributed by atoms with van der Waals surface area (Å²) in [5.74, 6) is -0.911. The van der Waals surface area contributed by atoms with Gasteiger partial charge in [-0.15, -0.1) is 11.3 Å². The van der Waals surface area contributed by atoms with E-state index in [9.17, 15) is 9.59 Å². The largest absolute Gasteiger partial charge is 0.451 e. The molecule has 0 saturated heterocycles. The van der Waals surface area contributed by atoms with Crippen molar-refractivity contribution in [3.05, 3.63) is 56.2 Å². The van der Waals surface area contributed by atoms with Gasteiger partial charge in [-0.05, 0) is 36.1 Å². The Hall–Kier alpha value is -1.56. The van der Waals surface area contributed by atoms with E-state index < -0.39 is 11.9 Å². The number of nitrogens with one attached hydrogen (secondary N) is 1. The van der Waals surface area contributed by atoms with Crippen molar-refractivity contribution < 1.29 is 14.3 Å². The molecule has 1 N–H and O–H groups in total. The Morgan fingerprint density at radius 3 is 2.73 bits per heavy atom. The molecule has 0 radical (unpaired) electrons. The Morgan fingerprint density at radius 1 is 1.32 bits per heavy atom. The van der Waals surface area contributed by atoms with Gasteiger partial charge in [0.1, 0.15) is 4.88 Å². The minimum absolute atomic E-state index is 0.322. The van der Waals surface area contributed by atoms with Gasteiger partial charge in [-0.25, -0.2) is 4.79 Å². The van der Waals surface area contributed by atoms with Crippen LogP contribution in [-0.2, 0) is 9.53 Å². The van der Waals surface area contributed by atoms with E-state index in [4.69, 9.17) is 27.9 Å². The van der Waals surface area contributed by atoms with Crippen LogP contribution >= 0.6 is 34.5 Å². The number of esters is 1. The Labute approximate surface area is 142 Å². The van der Waals surface area contributed by atoms with E-state index in [1.165, 1.54) is 11.3 Å². The van der Waals surface area contributed by atoms with Gasteiger partial charge < -0.3 is 10.1 Å². The number of carbonyl (C=O) groups is 2.